The molecular formula is C29H42O. The van der Waals surface area contributed by atoms with Crippen molar-refractivity contribution >= 4 is 0 Å². The number of hydrogen-bond acceptors (Lipinski definition) is 1. The maximum atomic E-state index is 5.95. The average molecular weight is 407 g/mol. The molecule has 0 saturated carbocycles. The van der Waals surface area contributed by atoms with E-state index in [-0.39, 0.29) is 0 Å². The summed E-state index contributed by atoms with van der Waals surface area (Å²) in [7, 11) is 0. The summed E-state index contributed by atoms with van der Waals surface area (Å²) in [5.74, 6) is 1.90. The zero-order chi connectivity index (χ0) is 21.0. The van der Waals surface area contributed by atoms with Crippen LogP contribution < -0.4 is 4.74 Å². The van der Waals surface area contributed by atoms with Crippen molar-refractivity contribution in [3.8, 4) is 16.9 Å². The van der Waals surface area contributed by atoms with Crippen LogP contribution >= 0.6 is 0 Å². The molecule has 0 saturated heterocycles. The predicted molar refractivity (Wildman–Crippen MR) is 130 cm³/mol. The number of fused-ring (bicyclic) bond motifs is 1. The van der Waals surface area contributed by atoms with Gasteiger partial charge in [-0.15, -0.1) is 0 Å². The molecule has 0 aliphatic heterocycles. The second-order valence-electron chi connectivity index (χ2n) is 9.23. The molecular weight excluding hydrogens is 364 g/mol. The zero-order valence-electron chi connectivity index (χ0n) is 19.4. The minimum absolute atomic E-state index is 0.837. The molecule has 1 heteroatoms. The van der Waals surface area contributed by atoms with Crippen LogP contribution in [0.5, 0.6) is 5.75 Å². The molecule has 0 N–H and O–H groups in total. The van der Waals surface area contributed by atoms with Crippen molar-refractivity contribution in [2.24, 2.45) is 5.92 Å². The van der Waals surface area contributed by atoms with Gasteiger partial charge in [0.15, 0.2) is 0 Å². The van der Waals surface area contributed by atoms with E-state index in [0.717, 1.165) is 24.7 Å². The van der Waals surface area contributed by atoms with E-state index >= 15 is 0 Å². The molecule has 0 radical (unpaired) electrons. The minimum Gasteiger partial charge on any atom is -0.494 e. The van der Waals surface area contributed by atoms with Crippen molar-refractivity contribution in [3.05, 3.63) is 53.6 Å². The molecule has 3 rings (SSSR count). The Labute approximate surface area is 185 Å². The number of benzene rings is 2. The van der Waals surface area contributed by atoms with Crippen LogP contribution in [-0.4, -0.2) is 6.61 Å². The van der Waals surface area contributed by atoms with Crippen molar-refractivity contribution in [3.63, 3.8) is 0 Å². The third-order valence-corrected chi connectivity index (χ3v) is 6.71. The lowest BCUT2D eigenvalue weighted by atomic mass is 9.80. The molecule has 1 aliphatic rings. The van der Waals surface area contributed by atoms with Gasteiger partial charge in [0, 0.05) is 0 Å². The fraction of sp³-hybridized carbons (Fsp3) is 0.586. The lowest BCUT2D eigenvalue weighted by Gasteiger charge is -2.25. The topological polar surface area (TPSA) is 9.23 Å². The standard InChI is InChI=1S/C29H42O/c1-3-5-7-8-9-11-21-30-29-19-17-25(18-20-29)27-16-15-26-22-24(12-10-6-4-2)13-14-28(26)23-27/h15-20,23-24H,3-14,21-22H2,1-2H3. The van der Waals surface area contributed by atoms with E-state index in [2.05, 4.69) is 56.3 Å². The van der Waals surface area contributed by atoms with Gasteiger partial charge in [-0.25, -0.2) is 0 Å². The number of ether oxygens (including phenoxy) is 1. The third kappa shape index (κ3) is 7.18. The van der Waals surface area contributed by atoms with Gasteiger partial charge in [-0.3, -0.25) is 0 Å². The molecule has 0 fully saturated rings. The van der Waals surface area contributed by atoms with Gasteiger partial charge in [0.25, 0.3) is 0 Å². The van der Waals surface area contributed by atoms with Gasteiger partial charge in [0.1, 0.15) is 5.75 Å². The highest BCUT2D eigenvalue weighted by atomic mass is 16.5. The third-order valence-electron chi connectivity index (χ3n) is 6.71. The number of rotatable bonds is 13. The van der Waals surface area contributed by atoms with Crippen molar-refractivity contribution in [2.75, 3.05) is 6.61 Å². The van der Waals surface area contributed by atoms with Crippen LogP contribution in [0.4, 0.5) is 0 Å². The van der Waals surface area contributed by atoms with Crippen LogP contribution in [0.15, 0.2) is 42.5 Å². The van der Waals surface area contributed by atoms with Gasteiger partial charge in [0.05, 0.1) is 6.61 Å². The highest BCUT2D eigenvalue weighted by molar-refractivity contribution is 5.66. The van der Waals surface area contributed by atoms with E-state index in [1.54, 1.807) is 11.1 Å². The molecule has 0 heterocycles. The first-order chi connectivity index (χ1) is 14.8. The zero-order valence-corrected chi connectivity index (χ0v) is 19.4. The summed E-state index contributed by atoms with van der Waals surface area (Å²) in [5, 5.41) is 0. The fourth-order valence-corrected chi connectivity index (χ4v) is 4.76. The molecule has 0 aromatic heterocycles. The molecule has 1 atom stereocenters. The maximum absolute atomic E-state index is 5.95. The molecule has 2 aromatic rings. The van der Waals surface area contributed by atoms with Gasteiger partial charge in [-0.2, -0.15) is 0 Å². The summed E-state index contributed by atoms with van der Waals surface area (Å²) >= 11 is 0. The highest BCUT2D eigenvalue weighted by Crippen LogP contribution is 2.32. The number of aryl methyl sites for hydroxylation is 1. The molecule has 0 bridgehead atoms. The van der Waals surface area contributed by atoms with E-state index in [0.29, 0.717) is 0 Å². The summed E-state index contributed by atoms with van der Waals surface area (Å²) in [5.41, 5.74) is 5.81. The Kier molecular flexibility index (Phi) is 9.80. The Morgan fingerprint density at radius 1 is 0.733 bits per heavy atom. The molecule has 1 unspecified atom stereocenters. The number of unbranched alkanes of at least 4 members (excludes halogenated alkanes) is 7. The van der Waals surface area contributed by atoms with Gasteiger partial charge in [-0.05, 0) is 66.0 Å². The molecule has 30 heavy (non-hydrogen) atoms. The Hall–Kier alpha value is -1.76. The predicted octanol–water partition coefficient (Wildman–Crippen LogP) is 8.78. The van der Waals surface area contributed by atoms with Crippen molar-refractivity contribution in [1.82, 2.24) is 0 Å². The monoisotopic (exact) mass is 406 g/mol. The smallest absolute Gasteiger partial charge is 0.119 e. The van der Waals surface area contributed by atoms with Gasteiger partial charge in [0.2, 0.25) is 0 Å². The average Bonchev–Trinajstić information content (AvgIpc) is 2.79. The van der Waals surface area contributed by atoms with E-state index in [1.165, 1.54) is 88.2 Å². The molecule has 0 spiro atoms. The Morgan fingerprint density at radius 3 is 2.23 bits per heavy atom. The summed E-state index contributed by atoms with van der Waals surface area (Å²) in [6, 6.07) is 15.8. The quantitative estimate of drug-likeness (QED) is 0.302. The molecule has 0 amide bonds. The Balaban J connectivity index is 1.47. The first-order valence-electron chi connectivity index (χ1n) is 12.6. The van der Waals surface area contributed by atoms with Gasteiger partial charge >= 0.3 is 0 Å². The maximum Gasteiger partial charge on any atom is 0.119 e. The normalized spacial score (nSPS) is 15.7. The Bertz CT molecular complexity index is 731. The van der Waals surface area contributed by atoms with Crippen molar-refractivity contribution in [1.29, 1.82) is 0 Å². The molecule has 164 valence electrons. The summed E-state index contributed by atoms with van der Waals surface area (Å²) in [4.78, 5) is 0. The second kappa shape index (κ2) is 12.8. The van der Waals surface area contributed by atoms with E-state index < -0.39 is 0 Å². The molecule has 1 nitrogen and oxygen atoms in total. The van der Waals surface area contributed by atoms with Crippen molar-refractivity contribution in [2.45, 2.75) is 97.3 Å². The SMILES string of the molecule is CCCCCCCCOc1ccc(-c2ccc3c(c2)CCC(CCCCC)C3)cc1. The van der Waals surface area contributed by atoms with E-state index in [9.17, 15) is 0 Å². The van der Waals surface area contributed by atoms with Crippen LogP contribution in [0.3, 0.4) is 0 Å². The lowest BCUT2D eigenvalue weighted by Crippen LogP contribution is -2.14. The van der Waals surface area contributed by atoms with Crippen LogP contribution in [0.1, 0.15) is 95.6 Å². The molecule has 2 aromatic carbocycles. The van der Waals surface area contributed by atoms with E-state index in [4.69, 9.17) is 4.74 Å². The second-order valence-corrected chi connectivity index (χ2v) is 9.23. The van der Waals surface area contributed by atoms with E-state index in [1.807, 2.05) is 0 Å². The van der Waals surface area contributed by atoms with Crippen LogP contribution in [-0.2, 0) is 12.8 Å². The lowest BCUT2D eigenvalue weighted by molar-refractivity contribution is 0.304. The van der Waals surface area contributed by atoms with Crippen molar-refractivity contribution < 1.29 is 4.74 Å². The number of hydrogen-bond donors (Lipinski definition) is 0. The van der Waals surface area contributed by atoms with Gasteiger partial charge < -0.3 is 4.74 Å². The van der Waals surface area contributed by atoms with Crippen LogP contribution in [0.2, 0.25) is 0 Å². The summed E-state index contributed by atoms with van der Waals surface area (Å²) < 4.78 is 5.95. The van der Waals surface area contributed by atoms with Crippen LogP contribution in [0.25, 0.3) is 11.1 Å². The van der Waals surface area contributed by atoms with Gasteiger partial charge in [-0.1, -0.05) is 102 Å². The fourth-order valence-electron chi connectivity index (χ4n) is 4.76. The highest BCUT2D eigenvalue weighted by Gasteiger charge is 2.18. The Morgan fingerprint density at radius 2 is 1.43 bits per heavy atom. The summed E-state index contributed by atoms with van der Waals surface area (Å²) in [6.07, 6.45) is 17.3. The van der Waals surface area contributed by atoms with Crippen LogP contribution in [0, 0.1) is 5.92 Å². The largest absolute Gasteiger partial charge is 0.494 e. The summed E-state index contributed by atoms with van der Waals surface area (Å²) in [6.45, 7) is 5.40. The first-order valence-corrected chi connectivity index (χ1v) is 12.6. The minimum atomic E-state index is 0.837. The first kappa shape index (κ1) is 22.9. The molecule has 1 aliphatic carbocycles.